The summed E-state index contributed by atoms with van der Waals surface area (Å²) in [6.45, 7) is 0.246. The third-order valence-electron chi connectivity index (χ3n) is 3.45. The summed E-state index contributed by atoms with van der Waals surface area (Å²) in [7, 11) is -4.11. The fourth-order valence-electron chi connectivity index (χ4n) is 2.23. The lowest BCUT2D eigenvalue weighted by molar-refractivity contribution is -0.387. The number of hydrogen-bond acceptors (Lipinski definition) is 6. The van der Waals surface area contributed by atoms with Crippen LogP contribution in [0.15, 0.2) is 29.2 Å². The van der Waals surface area contributed by atoms with Crippen LogP contribution in [0.2, 0.25) is 0 Å². The van der Waals surface area contributed by atoms with Gasteiger partial charge in [-0.2, -0.15) is 0 Å². The Morgan fingerprint density at radius 3 is 2.52 bits per heavy atom. The lowest BCUT2D eigenvalue weighted by atomic mass is 9.93. The van der Waals surface area contributed by atoms with Gasteiger partial charge in [-0.15, -0.1) is 0 Å². The van der Waals surface area contributed by atoms with E-state index in [0.717, 1.165) is 6.07 Å². The fraction of sp³-hybridized carbons (Fsp3) is 0.500. The van der Waals surface area contributed by atoms with Crippen molar-refractivity contribution in [1.82, 2.24) is 4.72 Å². The molecular weight excluding hydrogens is 300 g/mol. The molecule has 21 heavy (non-hydrogen) atoms. The van der Waals surface area contributed by atoms with Gasteiger partial charge >= 0.3 is 0 Å². The number of nitrogens with one attached hydrogen (secondary N) is 1. The molecule has 9 heteroatoms. The van der Waals surface area contributed by atoms with Crippen molar-refractivity contribution in [3.05, 3.63) is 34.4 Å². The minimum Gasteiger partial charge on any atom is -0.394 e. The average Bonchev–Trinajstić information content (AvgIpc) is 2.47. The molecule has 1 aromatic rings. The number of nitro groups is 1. The second-order valence-electron chi connectivity index (χ2n) is 4.88. The molecule has 0 aromatic heterocycles. The van der Waals surface area contributed by atoms with Crippen molar-refractivity contribution in [2.75, 3.05) is 19.8 Å². The third-order valence-corrected chi connectivity index (χ3v) is 5.08. The highest BCUT2D eigenvalue weighted by Gasteiger charge is 2.38. The summed E-state index contributed by atoms with van der Waals surface area (Å²) in [5.41, 5.74) is -1.54. The van der Waals surface area contributed by atoms with Crippen LogP contribution in [0.3, 0.4) is 0 Å². The number of aliphatic hydroxyl groups is 1. The maximum absolute atomic E-state index is 12.4. The first-order valence-electron chi connectivity index (χ1n) is 6.36. The Bertz CT molecular complexity index is 624. The van der Waals surface area contributed by atoms with Gasteiger partial charge in [0.25, 0.3) is 5.69 Å². The first kappa shape index (κ1) is 15.8. The van der Waals surface area contributed by atoms with Crippen molar-refractivity contribution in [2.24, 2.45) is 0 Å². The third kappa shape index (κ3) is 3.38. The van der Waals surface area contributed by atoms with Gasteiger partial charge in [0, 0.05) is 19.3 Å². The molecule has 1 aliphatic rings. The predicted molar refractivity (Wildman–Crippen MR) is 73.3 cm³/mol. The molecule has 0 bridgehead atoms. The SMILES string of the molecule is O=[N+]([O-])c1ccccc1S(=O)(=O)NC1(CO)CCOCC1. The molecule has 1 fully saturated rings. The van der Waals surface area contributed by atoms with Crippen LogP contribution < -0.4 is 4.72 Å². The molecule has 1 saturated heterocycles. The molecule has 0 radical (unpaired) electrons. The highest BCUT2D eigenvalue weighted by Crippen LogP contribution is 2.27. The second-order valence-corrected chi connectivity index (χ2v) is 6.53. The number of ether oxygens (including phenoxy) is 1. The maximum atomic E-state index is 12.4. The van der Waals surface area contributed by atoms with Crippen molar-refractivity contribution in [2.45, 2.75) is 23.3 Å². The van der Waals surface area contributed by atoms with E-state index < -0.39 is 37.7 Å². The van der Waals surface area contributed by atoms with Crippen LogP contribution >= 0.6 is 0 Å². The van der Waals surface area contributed by atoms with Gasteiger partial charge in [0.15, 0.2) is 4.90 Å². The molecular formula is C12H16N2O6S. The highest BCUT2D eigenvalue weighted by atomic mass is 32.2. The number of rotatable bonds is 5. The van der Waals surface area contributed by atoms with Crippen molar-refractivity contribution < 1.29 is 23.2 Å². The van der Waals surface area contributed by atoms with E-state index in [4.69, 9.17) is 4.74 Å². The summed E-state index contributed by atoms with van der Waals surface area (Å²) in [6, 6.07) is 5.11. The van der Waals surface area contributed by atoms with E-state index in [0.29, 0.717) is 26.1 Å². The molecule has 0 atom stereocenters. The minimum atomic E-state index is -4.11. The summed E-state index contributed by atoms with van der Waals surface area (Å²) in [5.74, 6) is 0. The number of nitro benzene ring substituents is 1. The van der Waals surface area contributed by atoms with Crippen LogP contribution in [0.5, 0.6) is 0 Å². The minimum absolute atomic E-state index is 0.309. The Balaban J connectivity index is 2.36. The molecule has 0 spiro atoms. The van der Waals surface area contributed by atoms with Gasteiger partial charge in [-0.1, -0.05) is 12.1 Å². The normalized spacial score (nSPS) is 18.3. The number of benzene rings is 1. The molecule has 1 aliphatic heterocycles. The molecule has 1 aromatic carbocycles. The molecule has 2 rings (SSSR count). The summed E-state index contributed by atoms with van der Waals surface area (Å²) in [5, 5.41) is 20.5. The molecule has 0 aliphatic carbocycles. The van der Waals surface area contributed by atoms with Crippen LogP contribution in [-0.2, 0) is 14.8 Å². The van der Waals surface area contributed by atoms with E-state index in [1.54, 1.807) is 0 Å². The second kappa shape index (κ2) is 6.06. The Morgan fingerprint density at radius 2 is 1.95 bits per heavy atom. The smallest absolute Gasteiger partial charge is 0.289 e. The number of hydrogen-bond donors (Lipinski definition) is 2. The van der Waals surface area contributed by atoms with E-state index in [9.17, 15) is 23.6 Å². The molecule has 116 valence electrons. The van der Waals surface area contributed by atoms with Crippen LogP contribution in [-0.4, -0.2) is 43.8 Å². The predicted octanol–water partition coefficient (Wildman–Crippen LogP) is 0.415. The zero-order valence-electron chi connectivity index (χ0n) is 11.2. The molecule has 0 amide bonds. The lowest BCUT2D eigenvalue weighted by Gasteiger charge is -2.35. The Hall–Kier alpha value is -1.55. The Labute approximate surface area is 121 Å². The van der Waals surface area contributed by atoms with E-state index in [1.165, 1.54) is 18.2 Å². The van der Waals surface area contributed by atoms with Gasteiger partial charge in [-0.05, 0) is 18.9 Å². The lowest BCUT2D eigenvalue weighted by Crippen LogP contribution is -2.54. The van der Waals surface area contributed by atoms with Gasteiger partial charge in [0.1, 0.15) is 0 Å². The van der Waals surface area contributed by atoms with E-state index in [2.05, 4.69) is 4.72 Å². The quantitative estimate of drug-likeness (QED) is 0.600. The number of para-hydroxylation sites is 1. The standard InChI is InChI=1S/C12H16N2O6S/c15-9-12(5-7-20-8-6-12)13-21(18,19)11-4-2-1-3-10(11)14(16)17/h1-4,13,15H,5-9H2. The summed E-state index contributed by atoms with van der Waals surface area (Å²) in [6.07, 6.45) is 0.618. The van der Waals surface area contributed by atoms with E-state index >= 15 is 0 Å². The number of sulfonamides is 1. The fourth-order valence-corrected chi connectivity index (χ4v) is 3.85. The maximum Gasteiger partial charge on any atom is 0.289 e. The largest absolute Gasteiger partial charge is 0.394 e. The summed E-state index contributed by atoms with van der Waals surface area (Å²) < 4.78 is 32.4. The van der Waals surface area contributed by atoms with Gasteiger partial charge in [0.2, 0.25) is 10.0 Å². The topological polar surface area (TPSA) is 119 Å². The molecule has 0 unspecified atom stereocenters. The number of aliphatic hydroxyl groups excluding tert-OH is 1. The zero-order chi connectivity index (χ0) is 15.5. The highest BCUT2D eigenvalue weighted by molar-refractivity contribution is 7.89. The zero-order valence-corrected chi connectivity index (χ0v) is 12.0. The van der Waals surface area contributed by atoms with Crippen LogP contribution in [0.4, 0.5) is 5.69 Å². The van der Waals surface area contributed by atoms with Crippen LogP contribution in [0, 0.1) is 10.1 Å². The van der Waals surface area contributed by atoms with Crippen LogP contribution in [0.1, 0.15) is 12.8 Å². The monoisotopic (exact) mass is 316 g/mol. The van der Waals surface area contributed by atoms with E-state index in [-0.39, 0.29) is 0 Å². The first-order chi connectivity index (χ1) is 9.90. The van der Waals surface area contributed by atoms with Crippen molar-refractivity contribution in [3.8, 4) is 0 Å². The van der Waals surface area contributed by atoms with Gasteiger partial charge < -0.3 is 9.84 Å². The molecule has 0 saturated carbocycles. The summed E-state index contributed by atoms with van der Waals surface area (Å²) >= 11 is 0. The van der Waals surface area contributed by atoms with E-state index in [1.807, 2.05) is 0 Å². The number of nitrogens with zero attached hydrogens (tertiary/aromatic N) is 1. The Kier molecular flexibility index (Phi) is 4.57. The van der Waals surface area contributed by atoms with Gasteiger partial charge in [-0.3, -0.25) is 10.1 Å². The molecule has 8 nitrogen and oxygen atoms in total. The first-order valence-corrected chi connectivity index (χ1v) is 7.85. The van der Waals surface area contributed by atoms with Crippen molar-refractivity contribution >= 4 is 15.7 Å². The molecule has 2 N–H and O–H groups in total. The molecule has 1 heterocycles. The van der Waals surface area contributed by atoms with Crippen LogP contribution in [0.25, 0.3) is 0 Å². The van der Waals surface area contributed by atoms with Crippen molar-refractivity contribution in [3.63, 3.8) is 0 Å². The average molecular weight is 316 g/mol. The summed E-state index contributed by atoms with van der Waals surface area (Å²) in [4.78, 5) is 9.80. The Morgan fingerprint density at radius 1 is 1.33 bits per heavy atom. The van der Waals surface area contributed by atoms with Gasteiger partial charge in [0.05, 0.1) is 17.1 Å². The van der Waals surface area contributed by atoms with Gasteiger partial charge in [-0.25, -0.2) is 13.1 Å². The van der Waals surface area contributed by atoms with Crippen molar-refractivity contribution in [1.29, 1.82) is 0 Å².